The molecular formula is C20H34ClN3O3S. The molecule has 1 aliphatic rings. The maximum Gasteiger partial charge on any atom is 0.243 e. The molecule has 1 aromatic rings. The minimum absolute atomic E-state index is 0. The third-order valence-corrected chi connectivity index (χ3v) is 6.95. The van der Waals surface area contributed by atoms with Crippen molar-refractivity contribution in [3.05, 3.63) is 29.8 Å². The number of rotatable bonds is 7. The summed E-state index contributed by atoms with van der Waals surface area (Å²) in [5, 5.41) is 6.09. The number of amides is 1. The number of halogens is 1. The number of carbonyl (C=O) groups excluding carboxylic acids is 1. The molecule has 1 aliphatic heterocycles. The first kappa shape index (κ1) is 24.9. The highest BCUT2D eigenvalue weighted by atomic mass is 35.5. The molecule has 0 aromatic heterocycles. The van der Waals surface area contributed by atoms with E-state index in [2.05, 4.69) is 31.4 Å². The minimum Gasteiger partial charge on any atom is -0.355 e. The summed E-state index contributed by atoms with van der Waals surface area (Å²) in [6.45, 7) is 11.3. The molecule has 0 bridgehead atoms. The third-order valence-electron chi connectivity index (χ3n) is 5.03. The van der Waals surface area contributed by atoms with Crippen LogP contribution in [-0.4, -0.2) is 51.4 Å². The molecule has 0 unspecified atom stereocenters. The van der Waals surface area contributed by atoms with Gasteiger partial charge in [0.15, 0.2) is 0 Å². The van der Waals surface area contributed by atoms with E-state index in [4.69, 9.17) is 0 Å². The second-order valence-electron chi connectivity index (χ2n) is 8.10. The maximum absolute atomic E-state index is 12.9. The van der Waals surface area contributed by atoms with Crippen LogP contribution in [-0.2, 0) is 20.2 Å². The van der Waals surface area contributed by atoms with Gasteiger partial charge < -0.3 is 10.6 Å². The molecule has 2 N–H and O–H groups in total. The summed E-state index contributed by atoms with van der Waals surface area (Å²) in [6, 6.07) is 7.15. The van der Waals surface area contributed by atoms with Crippen molar-refractivity contribution in [1.29, 1.82) is 0 Å². The zero-order valence-corrected chi connectivity index (χ0v) is 19.0. The zero-order valence-electron chi connectivity index (χ0n) is 17.3. The highest BCUT2D eigenvalue weighted by molar-refractivity contribution is 7.89. The van der Waals surface area contributed by atoms with Gasteiger partial charge in [0.25, 0.3) is 0 Å². The van der Waals surface area contributed by atoms with Crippen LogP contribution in [0.15, 0.2) is 29.2 Å². The molecule has 1 amide bonds. The van der Waals surface area contributed by atoms with E-state index in [1.54, 1.807) is 12.1 Å². The van der Waals surface area contributed by atoms with Crippen LogP contribution < -0.4 is 10.6 Å². The zero-order chi connectivity index (χ0) is 20.1. The van der Waals surface area contributed by atoms with Crippen molar-refractivity contribution in [1.82, 2.24) is 14.9 Å². The lowest BCUT2D eigenvalue weighted by Gasteiger charge is -2.30. The molecule has 0 aliphatic carbocycles. The van der Waals surface area contributed by atoms with Crippen molar-refractivity contribution < 1.29 is 13.2 Å². The number of nitrogens with one attached hydrogen (secondary N) is 2. The molecule has 28 heavy (non-hydrogen) atoms. The fraction of sp³-hybridized carbons (Fsp3) is 0.650. The Morgan fingerprint density at radius 2 is 1.68 bits per heavy atom. The highest BCUT2D eigenvalue weighted by Gasteiger charge is 2.32. The average molecular weight is 432 g/mol. The molecule has 0 radical (unpaired) electrons. The van der Waals surface area contributed by atoms with Gasteiger partial charge >= 0.3 is 0 Å². The van der Waals surface area contributed by atoms with Crippen LogP contribution in [0.4, 0.5) is 0 Å². The van der Waals surface area contributed by atoms with E-state index in [0.29, 0.717) is 37.4 Å². The number of carbonyl (C=O) groups is 1. The van der Waals surface area contributed by atoms with E-state index in [1.807, 2.05) is 19.1 Å². The number of sulfonamides is 1. The van der Waals surface area contributed by atoms with Crippen LogP contribution in [0.3, 0.4) is 0 Å². The number of hydrogen-bond acceptors (Lipinski definition) is 4. The molecule has 8 heteroatoms. The monoisotopic (exact) mass is 431 g/mol. The summed E-state index contributed by atoms with van der Waals surface area (Å²) in [7, 11) is -3.51. The van der Waals surface area contributed by atoms with Gasteiger partial charge in [0.1, 0.15) is 0 Å². The van der Waals surface area contributed by atoms with E-state index >= 15 is 0 Å². The van der Waals surface area contributed by atoms with E-state index in [0.717, 1.165) is 18.7 Å². The Labute approximate surface area is 175 Å². The summed E-state index contributed by atoms with van der Waals surface area (Å²) < 4.78 is 27.3. The lowest BCUT2D eigenvalue weighted by molar-refractivity contribution is -0.126. The topological polar surface area (TPSA) is 78.5 Å². The standard InChI is InChI=1S/C20H33N3O3S.ClH/c1-5-21-12-13-22-19(24)16-10-14-23(15-11-16)27(25,26)18-8-6-17(7-9-18)20(2,3)4;/h6-9,16,21H,5,10-15H2,1-4H3,(H,22,24);1H. The lowest BCUT2D eigenvalue weighted by atomic mass is 9.87. The fourth-order valence-corrected chi connectivity index (χ4v) is 4.70. The van der Waals surface area contributed by atoms with E-state index in [-0.39, 0.29) is 29.6 Å². The number of hydrogen-bond donors (Lipinski definition) is 2. The van der Waals surface area contributed by atoms with Gasteiger partial charge in [0.05, 0.1) is 4.90 Å². The molecular weight excluding hydrogens is 398 g/mol. The highest BCUT2D eigenvalue weighted by Crippen LogP contribution is 2.27. The third kappa shape index (κ3) is 6.44. The van der Waals surface area contributed by atoms with Gasteiger partial charge in [-0.1, -0.05) is 39.8 Å². The number of nitrogens with zero attached hydrogens (tertiary/aromatic N) is 1. The molecule has 1 aromatic carbocycles. The Morgan fingerprint density at radius 3 is 2.18 bits per heavy atom. The lowest BCUT2D eigenvalue weighted by Crippen LogP contribution is -2.44. The Balaban J connectivity index is 0.00000392. The summed E-state index contributed by atoms with van der Waals surface area (Å²) in [5.74, 6) is -0.0826. The van der Waals surface area contributed by atoms with Crippen molar-refractivity contribution in [3.63, 3.8) is 0 Å². The predicted octanol–water partition coefficient (Wildman–Crippen LogP) is 2.53. The van der Waals surface area contributed by atoms with Crippen molar-refractivity contribution in [2.75, 3.05) is 32.7 Å². The molecule has 6 nitrogen and oxygen atoms in total. The van der Waals surface area contributed by atoms with E-state index in [1.165, 1.54) is 4.31 Å². The molecule has 1 fully saturated rings. The summed E-state index contributed by atoms with van der Waals surface area (Å²) >= 11 is 0. The van der Waals surface area contributed by atoms with Gasteiger partial charge in [-0.15, -0.1) is 12.4 Å². The van der Waals surface area contributed by atoms with Crippen LogP contribution >= 0.6 is 12.4 Å². The summed E-state index contributed by atoms with van der Waals surface area (Å²) in [4.78, 5) is 12.5. The number of benzene rings is 1. The van der Waals surface area contributed by atoms with Gasteiger partial charge in [-0.3, -0.25) is 4.79 Å². The minimum atomic E-state index is -3.51. The quantitative estimate of drug-likeness (QED) is 0.650. The van der Waals surface area contributed by atoms with Gasteiger partial charge in [-0.05, 0) is 42.5 Å². The fourth-order valence-electron chi connectivity index (χ4n) is 3.23. The molecule has 2 rings (SSSR count). The number of likely N-dealkylation sites (N-methyl/N-ethyl adjacent to an activating group) is 1. The van der Waals surface area contributed by atoms with Gasteiger partial charge in [-0.25, -0.2) is 8.42 Å². The smallest absolute Gasteiger partial charge is 0.243 e. The normalized spacial score (nSPS) is 16.4. The Kier molecular flexibility index (Phi) is 9.40. The molecule has 1 heterocycles. The van der Waals surface area contributed by atoms with Crippen molar-refractivity contribution in [2.45, 2.75) is 50.8 Å². The second-order valence-corrected chi connectivity index (χ2v) is 10.0. The predicted molar refractivity (Wildman–Crippen MR) is 115 cm³/mol. The SMILES string of the molecule is CCNCCNC(=O)C1CCN(S(=O)(=O)c2ccc(C(C)(C)C)cc2)CC1.Cl. The molecule has 1 saturated heterocycles. The molecule has 0 saturated carbocycles. The van der Waals surface area contributed by atoms with Gasteiger partial charge in [0.2, 0.25) is 15.9 Å². The van der Waals surface area contributed by atoms with Crippen LogP contribution in [0.25, 0.3) is 0 Å². The number of piperidine rings is 1. The largest absolute Gasteiger partial charge is 0.355 e. The molecule has 0 spiro atoms. The van der Waals surface area contributed by atoms with Crippen molar-refractivity contribution in [2.24, 2.45) is 5.92 Å². The first-order valence-corrected chi connectivity index (χ1v) is 11.2. The Morgan fingerprint density at radius 1 is 1.11 bits per heavy atom. The first-order valence-electron chi connectivity index (χ1n) is 9.75. The summed E-state index contributed by atoms with van der Waals surface area (Å²) in [6.07, 6.45) is 1.12. The maximum atomic E-state index is 12.9. The second kappa shape index (κ2) is 10.6. The van der Waals surface area contributed by atoms with Crippen molar-refractivity contribution in [3.8, 4) is 0 Å². The van der Waals surface area contributed by atoms with Crippen molar-refractivity contribution >= 4 is 28.3 Å². The first-order chi connectivity index (χ1) is 12.7. The Hall–Kier alpha value is -1.15. The average Bonchev–Trinajstić information content (AvgIpc) is 2.64. The van der Waals surface area contributed by atoms with Gasteiger partial charge in [0, 0.05) is 32.1 Å². The van der Waals surface area contributed by atoms with Crippen LogP contribution in [0.5, 0.6) is 0 Å². The van der Waals surface area contributed by atoms with E-state index < -0.39 is 10.0 Å². The molecule has 0 atom stereocenters. The van der Waals surface area contributed by atoms with E-state index in [9.17, 15) is 13.2 Å². The summed E-state index contributed by atoms with van der Waals surface area (Å²) in [5.41, 5.74) is 1.09. The Bertz CT molecular complexity index is 722. The van der Waals surface area contributed by atoms with Gasteiger partial charge in [-0.2, -0.15) is 4.31 Å². The van der Waals surface area contributed by atoms with Crippen LogP contribution in [0.2, 0.25) is 0 Å². The van der Waals surface area contributed by atoms with Crippen LogP contribution in [0.1, 0.15) is 46.1 Å². The van der Waals surface area contributed by atoms with Crippen LogP contribution in [0, 0.1) is 5.92 Å². The molecule has 160 valence electrons.